The van der Waals surface area contributed by atoms with E-state index in [9.17, 15) is 4.79 Å². The third-order valence-electron chi connectivity index (χ3n) is 3.43. The topological polar surface area (TPSA) is 50.4 Å². The van der Waals surface area contributed by atoms with Crippen LogP contribution in [0.15, 0.2) is 12.1 Å². The lowest BCUT2D eigenvalue weighted by atomic mass is 10.0. The zero-order valence-electron chi connectivity index (χ0n) is 12.3. The van der Waals surface area contributed by atoms with Crippen LogP contribution in [-0.2, 0) is 11.2 Å². The van der Waals surface area contributed by atoms with E-state index in [1.54, 1.807) is 18.9 Å². The molecule has 2 rings (SSSR count). The molecule has 1 saturated heterocycles. The fourth-order valence-electron chi connectivity index (χ4n) is 2.53. The number of methoxy groups -OCH3 is 1. The van der Waals surface area contributed by atoms with Gasteiger partial charge in [0.2, 0.25) is 5.91 Å². The first-order valence-electron chi connectivity index (χ1n) is 6.84. The number of aryl methyl sites for hydroxylation is 2. The second-order valence-corrected chi connectivity index (χ2v) is 6.12. The van der Waals surface area contributed by atoms with Crippen LogP contribution in [0.3, 0.4) is 0 Å². The molecule has 1 atom stereocenters. The molecule has 1 aliphatic heterocycles. The van der Waals surface area contributed by atoms with Crippen LogP contribution in [0.4, 0.5) is 0 Å². The van der Waals surface area contributed by atoms with Gasteiger partial charge in [0, 0.05) is 18.2 Å². The van der Waals surface area contributed by atoms with E-state index in [-0.39, 0.29) is 11.9 Å². The number of nitrogens with one attached hydrogen (secondary N) is 2. The minimum absolute atomic E-state index is 0.0406. The molecule has 0 saturated carbocycles. The third-order valence-corrected chi connectivity index (χ3v) is 4.37. The Balaban J connectivity index is 1.92. The Bertz CT molecular complexity index is 485. The summed E-state index contributed by atoms with van der Waals surface area (Å²) in [7, 11) is 1.69. The fourth-order valence-corrected chi connectivity index (χ4v) is 3.47. The average Bonchev–Trinajstić information content (AvgIpc) is 2.92. The summed E-state index contributed by atoms with van der Waals surface area (Å²) in [5, 5.41) is 6.17. The summed E-state index contributed by atoms with van der Waals surface area (Å²) < 4.78 is 5.46. The van der Waals surface area contributed by atoms with Crippen molar-refractivity contribution in [3.8, 4) is 5.75 Å². The lowest BCUT2D eigenvalue weighted by molar-refractivity contribution is -0.122. The number of carbonyl (C=O) groups is 1. The lowest BCUT2D eigenvalue weighted by Gasteiger charge is -2.14. The highest BCUT2D eigenvalue weighted by Gasteiger charge is 2.21. The van der Waals surface area contributed by atoms with Gasteiger partial charge >= 0.3 is 0 Å². The van der Waals surface area contributed by atoms with Gasteiger partial charge in [-0.15, -0.1) is 11.8 Å². The van der Waals surface area contributed by atoms with Crippen molar-refractivity contribution in [2.75, 3.05) is 25.3 Å². The predicted octanol–water partition coefficient (Wildman–Crippen LogP) is 1.63. The first kappa shape index (κ1) is 15.2. The highest BCUT2D eigenvalue weighted by molar-refractivity contribution is 7.99. The minimum Gasteiger partial charge on any atom is -0.496 e. The van der Waals surface area contributed by atoms with Crippen molar-refractivity contribution in [3.63, 3.8) is 0 Å². The summed E-state index contributed by atoms with van der Waals surface area (Å²) in [6, 6.07) is 4.20. The zero-order chi connectivity index (χ0) is 14.5. The molecular formula is C15H22N2O2S. The van der Waals surface area contributed by atoms with Crippen molar-refractivity contribution in [2.24, 2.45) is 0 Å². The van der Waals surface area contributed by atoms with Crippen molar-refractivity contribution in [1.29, 1.82) is 0 Å². The Morgan fingerprint density at radius 3 is 2.95 bits per heavy atom. The van der Waals surface area contributed by atoms with Crippen molar-refractivity contribution in [3.05, 3.63) is 28.8 Å². The molecule has 1 aliphatic rings. The number of ether oxygens (including phenoxy) is 1. The largest absolute Gasteiger partial charge is 0.496 e. The molecular weight excluding hydrogens is 272 g/mol. The van der Waals surface area contributed by atoms with Gasteiger partial charge in [-0.25, -0.2) is 0 Å². The Hall–Kier alpha value is -1.20. The highest BCUT2D eigenvalue weighted by Crippen LogP contribution is 2.25. The molecule has 0 bridgehead atoms. The SMILES string of the molecule is COc1c(C)cc(C)cc1CCNC(=O)C1CSCN1. The normalized spacial score (nSPS) is 18.1. The molecule has 1 aromatic carbocycles. The van der Waals surface area contributed by atoms with E-state index in [1.807, 2.05) is 6.92 Å². The number of rotatable bonds is 5. The molecule has 4 nitrogen and oxygen atoms in total. The van der Waals surface area contributed by atoms with Gasteiger partial charge < -0.3 is 10.1 Å². The maximum atomic E-state index is 11.9. The zero-order valence-corrected chi connectivity index (χ0v) is 13.1. The van der Waals surface area contributed by atoms with Crippen LogP contribution < -0.4 is 15.4 Å². The van der Waals surface area contributed by atoms with E-state index in [1.165, 1.54) is 5.56 Å². The Kier molecular flexibility index (Phi) is 5.31. The van der Waals surface area contributed by atoms with Crippen LogP contribution in [0.5, 0.6) is 5.75 Å². The molecule has 5 heteroatoms. The van der Waals surface area contributed by atoms with E-state index in [2.05, 4.69) is 29.7 Å². The van der Waals surface area contributed by atoms with E-state index >= 15 is 0 Å². The van der Waals surface area contributed by atoms with Gasteiger partial charge in [-0.05, 0) is 31.4 Å². The third kappa shape index (κ3) is 3.67. The molecule has 1 amide bonds. The second kappa shape index (κ2) is 6.99. The van der Waals surface area contributed by atoms with Crippen molar-refractivity contribution in [2.45, 2.75) is 26.3 Å². The molecule has 1 unspecified atom stereocenters. The standard InChI is InChI=1S/C15H22N2O2S/c1-10-6-11(2)14(19-3)12(7-10)4-5-16-15(18)13-8-20-9-17-13/h6-7,13,17H,4-5,8-9H2,1-3H3,(H,16,18). The first-order chi connectivity index (χ1) is 9.61. The molecule has 20 heavy (non-hydrogen) atoms. The van der Waals surface area contributed by atoms with Crippen LogP contribution >= 0.6 is 11.8 Å². The quantitative estimate of drug-likeness (QED) is 0.867. The second-order valence-electron chi connectivity index (χ2n) is 5.09. The summed E-state index contributed by atoms with van der Waals surface area (Å²) in [6.45, 7) is 4.77. The summed E-state index contributed by atoms with van der Waals surface area (Å²) in [5.41, 5.74) is 3.51. The van der Waals surface area contributed by atoms with Crippen LogP contribution in [0.1, 0.15) is 16.7 Å². The van der Waals surface area contributed by atoms with E-state index in [0.29, 0.717) is 6.54 Å². The van der Waals surface area contributed by atoms with Gasteiger partial charge in [0.05, 0.1) is 13.2 Å². The maximum absolute atomic E-state index is 11.9. The summed E-state index contributed by atoms with van der Waals surface area (Å²) in [5.74, 6) is 2.75. The summed E-state index contributed by atoms with van der Waals surface area (Å²) >= 11 is 1.76. The van der Waals surface area contributed by atoms with E-state index < -0.39 is 0 Å². The van der Waals surface area contributed by atoms with Crippen LogP contribution in [-0.4, -0.2) is 37.2 Å². The van der Waals surface area contributed by atoms with Crippen molar-refractivity contribution in [1.82, 2.24) is 10.6 Å². The van der Waals surface area contributed by atoms with Crippen molar-refractivity contribution >= 4 is 17.7 Å². The number of thioether (sulfide) groups is 1. The van der Waals surface area contributed by atoms with Gasteiger partial charge in [-0.2, -0.15) is 0 Å². The molecule has 0 spiro atoms. The molecule has 1 fully saturated rings. The Morgan fingerprint density at radius 2 is 2.30 bits per heavy atom. The molecule has 0 aromatic heterocycles. The summed E-state index contributed by atoms with van der Waals surface area (Å²) in [6.07, 6.45) is 0.789. The highest BCUT2D eigenvalue weighted by atomic mass is 32.2. The Labute approximate surface area is 124 Å². The van der Waals surface area contributed by atoms with Crippen molar-refractivity contribution < 1.29 is 9.53 Å². The van der Waals surface area contributed by atoms with Crippen LogP contribution in [0.25, 0.3) is 0 Å². The summed E-state index contributed by atoms with van der Waals surface area (Å²) in [4.78, 5) is 11.9. The first-order valence-corrected chi connectivity index (χ1v) is 8.00. The van der Waals surface area contributed by atoms with E-state index in [4.69, 9.17) is 4.74 Å². The van der Waals surface area contributed by atoms with Crippen LogP contribution in [0, 0.1) is 13.8 Å². The lowest BCUT2D eigenvalue weighted by Crippen LogP contribution is -2.42. The van der Waals surface area contributed by atoms with E-state index in [0.717, 1.165) is 34.9 Å². The molecule has 110 valence electrons. The number of hydrogen-bond acceptors (Lipinski definition) is 4. The molecule has 1 heterocycles. The average molecular weight is 294 g/mol. The monoisotopic (exact) mass is 294 g/mol. The maximum Gasteiger partial charge on any atom is 0.238 e. The van der Waals surface area contributed by atoms with Gasteiger partial charge in [0.1, 0.15) is 5.75 Å². The number of hydrogen-bond donors (Lipinski definition) is 2. The molecule has 0 aliphatic carbocycles. The molecule has 0 radical (unpaired) electrons. The minimum atomic E-state index is -0.0406. The predicted molar refractivity (Wildman–Crippen MR) is 83.4 cm³/mol. The number of benzene rings is 1. The number of carbonyl (C=O) groups excluding carboxylic acids is 1. The molecule has 2 N–H and O–H groups in total. The van der Waals surface area contributed by atoms with Gasteiger partial charge in [-0.3, -0.25) is 10.1 Å². The van der Waals surface area contributed by atoms with Crippen LogP contribution in [0.2, 0.25) is 0 Å². The van der Waals surface area contributed by atoms with Gasteiger partial charge in [0.15, 0.2) is 0 Å². The van der Waals surface area contributed by atoms with Gasteiger partial charge in [0.25, 0.3) is 0 Å². The Morgan fingerprint density at radius 1 is 1.50 bits per heavy atom. The van der Waals surface area contributed by atoms with Gasteiger partial charge in [-0.1, -0.05) is 17.7 Å². The number of amides is 1. The smallest absolute Gasteiger partial charge is 0.238 e. The molecule has 1 aromatic rings. The fraction of sp³-hybridized carbons (Fsp3) is 0.533.